The molecule has 0 fully saturated rings. The van der Waals surface area contributed by atoms with Crippen LogP contribution in [0.4, 0.5) is 5.13 Å². The molecule has 0 radical (unpaired) electrons. The molecule has 0 spiro atoms. The summed E-state index contributed by atoms with van der Waals surface area (Å²) >= 11 is 1.34. The Morgan fingerprint density at radius 1 is 1.32 bits per heavy atom. The van der Waals surface area contributed by atoms with Gasteiger partial charge in [-0.25, -0.2) is 10.4 Å². The Kier molecular flexibility index (Phi) is 5.39. The molecule has 0 unspecified atom stereocenters. The maximum absolute atomic E-state index is 12.1. The Bertz CT molecular complexity index is 798. The molecule has 0 bridgehead atoms. The summed E-state index contributed by atoms with van der Waals surface area (Å²) in [4.78, 5) is 27.6. The van der Waals surface area contributed by atoms with E-state index < -0.39 is 0 Å². The van der Waals surface area contributed by atoms with Crippen LogP contribution < -0.4 is 15.5 Å². The number of aromatic nitrogens is 1. The molecule has 2 aromatic rings. The number of thiazole rings is 1. The van der Waals surface area contributed by atoms with Gasteiger partial charge in [0.15, 0.2) is 5.13 Å². The summed E-state index contributed by atoms with van der Waals surface area (Å²) in [6.45, 7) is 2.75. The summed E-state index contributed by atoms with van der Waals surface area (Å²) in [5, 5.41) is 8.86. The third-order valence-electron chi connectivity index (χ3n) is 3.51. The van der Waals surface area contributed by atoms with Crippen LogP contribution in [0.2, 0.25) is 0 Å². The third kappa shape index (κ3) is 4.42. The zero-order chi connectivity index (χ0) is 17.6. The maximum atomic E-state index is 12.1. The molecular formula is C17H18N4O3S. The number of rotatable bonds is 6. The number of nitrogens with zero attached hydrogens (tertiary/aromatic N) is 2. The highest BCUT2D eigenvalue weighted by Crippen LogP contribution is 2.26. The van der Waals surface area contributed by atoms with Crippen molar-refractivity contribution in [2.75, 3.05) is 11.9 Å². The van der Waals surface area contributed by atoms with E-state index in [1.807, 2.05) is 29.6 Å². The summed E-state index contributed by atoms with van der Waals surface area (Å²) in [5.41, 5.74) is 4.33. The number of hydrazone groups is 1. The first kappa shape index (κ1) is 17.1. The van der Waals surface area contributed by atoms with Crippen LogP contribution in [0.15, 0.2) is 34.7 Å². The summed E-state index contributed by atoms with van der Waals surface area (Å²) in [5.74, 6) is 0.301. The maximum Gasteiger partial charge on any atom is 0.273 e. The van der Waals surface area contributed by atoms with Crippen molar-refractivity contribution in [2.24, 2.45) is 5.10 Å². The second-order valence-electron chi connectivity index (χ2n) is 5.46. The number of ether oxygens (including phenoxy) is 1. The molecule has 2 heterocycles. The number of amides is 2. The SMILES string of the molecule is CCCOc1ccc(-c2csc(NC(=O)C3=NNC(=O)CC3)n2)cc1. The molecule has 1 aliphatic rings. The lowest BCUT2D eigenvalue weighted by Gasteiger charge is -2.10. The molecule has 7 nitrogen and oxygen atoms in total. The smallest absolute Gasteiger partial charge is 0.273 e. The molecule has 0 saturated heterocycles. The molecule has 2 N–H and O–H groups in total. The molecule has 8 heteroatoms. The van der Waals surface area contributed by atoms with Gasteiger partial charge in [-0.1, -0.05) is 6.92 Å². The van der Waals surface area contributed by atoms with E-state index in [4.69, 9.17) is 4.74 Å². The Hall–Kier alpha value is -2.74. The van der Waals surface area contributed by atoms with Crippen molar-refractivity contribution in [1.29, 1.82) is 0 Å². The Labute approximate surface area is 149 Å². The fraction of sp³-hybridized carbons (Fsp3) is 0.294. The molecule has 2 amide bonds. The van der Waals surface area contributed by atoms with Gasteiger partial charge in [-0.3, -0.25) is 14.9 Å². The van der Waals surface area contributed by atoms with Crippen LogP contribution in [0.25, 0.3) is 11.3 Å². The van der Waals surface area contributed by atoms with E-state index in [1.165, 1.54) is 11.3 Å². The summed E-state index contributed by atoms with van der Waals surface area (Å²) in [6, 6.07) is 7.68. The standard InChI is InChI=1S/C17H18N4O3S/c1-2-9-24-12-5-3-11(4-6-12)14-10-25-17(18-14)19-16(23)13-7-8-15(22)21-20-13/h3-6,10H,2,7-9H2,1H3,(H,21,22)(H,18,19,23). The van der Waals surface area contributed by atoms with Gasteiger partial charge < -0.3 is 4.74 Å². The highest BCUT2D eigenvalue weighted by atomic mass is 32.1. The van der Waals surface area contributed by atoms with Crippen LogP contribution >= 0.6 is 11.3 Å². The van der Waals surface area contributed by atoms with Crippen LogP contribution in [0.3, 0.4) is 0 Å². The van der Waals surface area contributed by atoms with E-state index in [-0.39, 0.29) is 18.2 Å². The molecule has 1 aromatic heterocycles. The van der Waals surface area contributed by atoms with Gasteiger partial charge in [0.1, 0.15) is 11.5 Å². The molecule has 0 aliphatic carbocycles. The molecule has 130 valence electrons. The lowest BCUT2D eigenvalue weighted by molar-refractivity contribution is -0.121. The predicted molar refractivity (Wildman–Crippen MR) is 96.8 cm³/mol. The first-order valence-electron chi connectivity index (χ1n) is 8.01. The second kappa shape index (κ2) is 7.89. The van der Waals surface area contributed by atoms with Crippen molar-refractivity contribution in [3.63, 3.8) is 0 Å². The van der Waals surface area contributed by atoms with Gasteiger partial charge in [-0.2, -0.15) is 5.10 Å². The quantitative estimate of drug-likeness (QED) is 0.830. The fourth-order valence-corrected chi connectivity index (χ4v) is 2.93. The number of anilines is 1. The Morgan fingerprint density at radius 3 is 2.80 bits per heavy atom. The molecule has 0 saturated carbocycles. The van der Waals surface area contributed by atoms with Gasteiger partial charge in [0, 0.05) is 23.8 Å². The lowest BCUT2D eigenvalue weighted by Crippen LogP contribution is -2.32. The first-order valence-corrected chi connectivity index (χ1v) is 8.89. The van der Waals surface area contributed by atoms with Gasteiger partial charge in [0.05, 0.1) is 12.3 Å². The van der Waals surface area contributed by atoms with E-state index in [1.54, 1.807) is 0 Å². The largest absolute Gasteiger partial charge is 0.494 e. The van der Waals surface area contributed by atoms with Crippen LogP contribution in [0.5, 0.6) is 5.75 Å². The summed E-state index contributed by atoms with van der Waals surface area (Å²) < 4.78 is 5.56. The highest BCUT2D eigenvalue weighted by molar-refractivity contribution is 7.14. The topological polar surface area (TPSA) is 92.7 Å². The summed E-state index contributed by atoms with van der Waals surface area (Å²) in [6.07, 6.45) is 1.56. The number of hydrogen-bond donors (Lipinski definition) is 2. The normalized spacial score (nSPS) is 13.8. The minimum atomic E-state index is -0.343. The number of benzene rings is 1. The van der Waals surface area contributed by atoms with E-state index >= 15 is 0 Å². The Morgan fingerprint density at radius 2 is 2.12 bits per heavy atom. The van der Waals surface area contributed by atoms with Crippen LogP contribution in [0, 0.1) is 0 Å². The van der Waals surface area contributed by atoms with E-state index in [2.05, 4.69) is 27.8 Å². The van der Waals surface area contributed by atoms with E-state index in [9.17, 15) is 9.59 Å². The van der Waals surface area contributed by atoms with E-state index in [0.29, 0.717) is 23.9 Å². The van der Waals surface area contributed by atoms with Crippen molar-refractivity contribution in [3.05, 3.63) is 29.6 Å². The van der Waals surface area contributed by atoms with Gasteiger partial charge in [-0.15, -0.1) is 11.3 Å². The van der Waals surface area contributed by atoms with Crippen molar-refractivity contribution in [2.45, 2.75) is 26.2 Å². The molecule has 25 heavy (non-hydrogen) atoms. The number of nitrogens with one attached hydrogen (secondary N) is 2. The number of hydrogen-bond acceptors (Lipinski definition) is 6. The van der Waals surface area contributed by atoms with Gasteiger partial charge >= 0.3 is 0 Å². The average Bonchev–Trinajstić information content (AvgIpc) is 3.09. The van der Waals surface area contributed by atoms with Crippen molar-refractivity contribution in [3.8, 4) is 17.0 Å². The fourth-order valence-electron chi connectivity index (χ4n) is 2.21. The predicted octanol–water partition coefficient (Wildman–Crippen LogP) is 2.80. The summed E-state index contributed by atoms with van der Waals surface area (Å²) in [7, 11) is 0. The van der Waals surface area contributed by atoms with Crippen LogP contribution in [-0.2, 0) is 9.59 Å². The minimum absolute atomic E-state index is 0.181. The van der Waals surface area contributed by atoms with E-state index in [0.717, 1.165) is 23.4 Å². The molecule has 1 aromatic carbocycles. The van der Waals surface area contributed by atoms with Crippen LogP contribution in [0.1, 0.15) is 26.2 Å². The van der Waals surface area contributed by atoms with Crippen LogP contribution in [-0.4, -0.2) is 29.1 Å². The number of carbonyl (C=O) groups excluding carboxylic acids is 2. The van der Waals surface area contributed by atoms with Crippen molar-refractivity contribution >= 4 is 34.0 Å². The zero-order valence-electron chi connectivity index (χ0n) is 13.7. The molecule has 3 rings (SSSR count). The van der Waals surface area contributed by atoms with Crippen molar-refractivity contribution < 1.29 is 14.3 Å². The second-order valence-corrected chi connectivity index (χ2v) is 6.32. The van der Waals surface area contributed by atoms with Gasteiger partial charge in [0.25, 0.3) is 5.91 Å². The first-order chi connectivity index (χ1) is 12.2. The molecular weight excluding hydrogens is 340 g/mol. The van der Waals surface area contributed by atoms with Gasteiger partial charge in [-0.05, 0) is 30.7 Å². The zero-order valence-corrected chi connectivity index (χ0v) is 14.6. The number of carbonyl (C=O) groups is 2. The highest BCUT2D eigenvalue weighted by Gasteiger charge is 2.19. The molecule has 0 atom stereocenters. The lowest BCUT2D eigenvalue weighted by atomic mass is 10.1. The Balaban J connectivity index is 1.64. The minimum Gasteiger partial charge on any atom is -0.494 e. The average molecular weight is 358 g/mol. The monoisotopic (exact) mass is 358 g/mol. The molecule has 1 aliphatic heterocycles. The van der Waals surface area contributed by atoms with Crippen molar-refractivity contribution in [1.82, 2.24) is 10.4 Å². The third-order valence-corrected chi connectivity index (χ3v) is 4.27. The van der Waals surface area contributed by atoms with Gasteiger partial charge in [0.2, 0.25) is 5.91 Å².